The molecule has 1 heterocycles. The zero-order valence-electron chi connectivity index (χ0n) is 5.64. The molecule has 1 N–H and O–H groups in total. The molecule has 1 saturated carbocycles. The van der Waals surface area contributed by atoms with Crippen LogP contribution in [0.1, 0.15) is 25.7 Å². The molecule has 2 atom stereocenters. The first-order valence-electron chi connectivity index (χ1n) is 3.89. The molecule has 1 aliphatic carbocycles. The molecular formula is C8H13N. The van der Waals surface area contributed by atoms with Crippen molar-refractivity contribution in [1.29, 1.82) is 0 Å². The zero-order valence-corrected chi connectivity index (χ0v) is 5.64. The summed E-state index contributed by atoms with van der Waals surface area (Å²) in [5.41, 5.74) is 0. The fourth-order valence-electron chi connectivity index (χ4n) is 1.90. The molecule has 50 valence electrons. The topological polar surface area (TPSA) is 12.0 Å². The number of hydrogen-bond donors (Lipinski definition) is 1. The number of rotatable bonds is 0. The van der Waals surface area contributed by atoms with E-state index in [-0.39, 0.29) is 0 Å². The van der Waals surface area contributed by atoms with Gasteiger partial charge in [-0.25, -0.2) is 0 Å². The summed E-state index contributed by atoms with van der Waals surface area (Å²) in [6, 6.07) is 0. The van der Waals surface area contributed by atoms with Gasteiger partial charge in [0.1, 0.15) is 0 Å². The van der Waals surface area contributed by atoms with Crippen LogP contribution in [0.3, 0.4) is 0 Å². The molecule has 0 spiro atoms. The predicted octanol–water partition coefficient (Wildman–Crippen LogP) is 1.72. The Bertz CT molecular complexity index is 88.7. The van der Waals surface area contributed by atoms with Gasteiger partial charge in [0.25, 0.3) is 0 Å². The van der Waals surface area contributed by atoms with Crippen molar-refractivity contribution in [2.45, 2.75) is 25.7 Å². The SMILES string of the molecule is [CH]1N[CH][C@H]2CCCC[C@@H]12. The third-order valence-corrected chi connectivity index (χ3v) is 2.50. The van der Waals surface area contributed by atoms with E-state index in [9.17, 15) is 0 Å². The summed E-state index contributed by atoms with van der Waals surface area (Å²) in [5.74, 6) is 1.75. The Labute approximate surface area is 56.8 Å². The van der Waals surface area contributed by atoms with Gasteiger partial charge in [0.15, 0.2) is 0 Å². The lowest BCUT2D eigenvalue weighted by Gasteiger charge is -2.22. The molecule has 0 unspecified atom stereocenters. The largest absolute Gasteiger partial charge is 0.308 e. The summed E-state index contributed by atoms with van der Waals surface area (Å²) in [6.45, 7) is 4.51. The normalized spacial score (nSPS) is 42.7. The van der Waals surface area contributed by atoms with Crippen LogP contribution < -0.4 is 5.32 Å². The fourth-order valence-corrected chi connectivity index (χ4v) is 1.90. The molecule has 0 bridgehead atoms. The number of fused-ring (bicyclic) bond motifs is 1. The Kier molecular flexibility index (Phi) is 1.46. The van der Waals surface area contributed by atoms with Crippen LogP contribution in [0.2, 0.25) is 0 Å². The number of hydrogen-bond acceptors (Lipinski definition) is 1. The Morgan fingerprint density at radius 3 is 2.11 bits per heavy atom. The van der Waals surface area contributed by atoms with Crippen molar-refractivity contribution in [2.24, 2.45) is 11.8 Å². The van der Waals surface area contributed by atoms with Crippen LogP contribution in [-0.4, -0.2) is 0 Å². The molecule has 2 fully saturated rings. The van der Waals surface area contributed by atoms with Gasteiger partial charge >= 0.3 is 0 Å². The maximum absolute atomic E-state index is 3.21. The maximum Gasteiger partial charge on any atom is 0.0258 e. The van der Waals surface area contributed by atoms with E-state index < -0.39 is 0 Å². The van der Waals surface area contributed by atoms with E-state index in [0.29, 0.717) is 0 Å². The zero-order chi connectivity index (χ0) is 6.10. The molecular weight excluding hydrogens is 110 g/mol. The van der Waals surface area contributed by atoms with Crippen LogP contribution in [0, 0.1) is 24.9 Å². The van der Waals surface area contributed by atoms with Crippen molar-refractivity contribution in [1.82, 2.24) is 5.32 Å². The lowest BCUT2D eigenvalue weighted by Crippen LogP contribution is -2.13. The quantitative estimate of drug-likeness (QED) is 0.517. The van der Waals surface area contributed by atoms with E-state index in [2.05, 4.69) is 18.4 Å². The van der Waals surface area contributed by atoms with E-state index in [1.54, 1.807) is 0 Å². The van der Waals surface area contributed by atoms with Gasteiger partial charge in [0.05, 0.1) is 0 Å². The van der Waals surface area contributed by atoms with Crippen LogP contribution in [0.4, 0.5) is 0 Å². The third kappa shape index (κ3) is 0.983. The summed E-state index contributed by atoms with van der Waals surface area (Å²) in [4.78, 5) is 0. The second kappa shape index (κ2) is 2.30. The summed E-state index contributed by atoms with van der Waals surface area (Å²) >= 11 is 0. The first-order valence-corrected chi connectivity index (χ1v) is 3.89. The molecule has 1 aliphatic heterocycles. The van der Waals surface area contributed by atoms with Crippen molar-refractivity contribution in [2.75, 3.05) is 0 Å². The Morgan fingerprint density at radius 1 is 1.00 bits per heavy atom. The average molecular weight is 123 g/mol. The van der Waals surface area contributed by atoms with Crippen LogP contribution in [0.5, 0.6) is 0 Å². The first kappa shape index (κ1) is 5.72. The standard InChI is InChI=1S/C8H13N/c1-2-4-8-6-9-5-7(8)3-1/h5-9H,1-4H2/t7-,8+. The minimum absolute atomic E-state index is 0.874. The monoisotopic (exact) mass is 123 g/mol. The van der Waals surface area contributed by atoms with Gasteiger partial charge in [-0.3, -0.25) is 0 Å². The van der Waals surface area contributed by atoms with Crippen molar-refractivity contribution >= 4 is 0 Å². The molecule has 0 amide bonds. The van der Waals surface area contributed by atoms with Crippen molar-refractivity contribution < 1.29 is 0 Å². The van der Waals surface area contributed by atoms with Gasteiger partial charge in [-0.05, 0) is 24.7 Å². The van der Waals surface area contributed by atoms with Crippen LogP contribution in [0.15, 0.2) is 0 Å². The van der Waals surface area contributed by atoms with Crippen LogP contribution >= 0.6 is 0 Å². The molecule has 0 aromatic carbocycles. The third-order valence-electron chi connectivity index (χ3n) is 2.50. The minimum atomic E-state index is 0.874. The summed E-state index contributed by atoms with van der Waals surface area (Å²) < 4.78 is 0. The van der Waals surface area contributed by atoms with Crippen LogP contribution in [-0.2, 0) is 0 Å². The molecule has 0 aromatic rings. The average Bonchev–Trinajstić information content (AvgIpc) is 2.33. The maximum atomic E-state index is 3.21. The fraction of sp³-hybridized carbons (Fsp3) is 0.750. The van der Waals surface area contributed by atoms with E-state index >= 15 is 0 Å². The van der Waals surface area contributed by atoms with Crippen molar-refractivity contribution in [3.8, 4) is 0 Å². The summed E-state index contributed by atoms with van der Waals surface area (Å²) in [5, 5.41) is 3.21. The lowest BCUT2D eigenvalue weighted by atomic mass is 9.82. The highest BCUT2D eigenvalue weighted by Gasteiger charge is 2.29. The minimum Gasteiger partial charge on any atom is -0.308 e. The van der Waals surface area contributed by atoms with Gasteiger partial charge in [0, 0.05) is 13.1 Å². The Balaban J connectivity index is 1.97. The molecule has 2 radical (unpaired) electrons. The molecule has 1 saturated heterocycles. The molecule has 9 heavy (non-hydrogen) atoms. The van der Waals surface area contributed by atoms with Crippen molar-refractivity contribution in [3.63, 3.8) is 0 Å². The van der Waals surface area contributed by atoms with Gasteiger partial charge in [0.2, 0.25) is 0 Å². The summed E-state index contributed by atoms with van der Waals surface area (Å²) in [7, 11) is 0. The highest BCUT2D eigenvalue weighted by molar-refractivity contribution is 4.98. The van der Waals surface area contributed by atoms with Gasteiger partial charge in [-0.2, -0.15) is 0 Å². The Hall–Kier alpha value is -0.0400. The van der Waals surface area contributed by atoms with Gasteiger partial charge in [-0.1, -0.05) is 12.8 Å². The Morgan fingerprint density at radius 2 is 1.56 bits per heavy atom. The van der Waals surface area contributed by atoms with E-state index in [1.807, 2.05) is 0 Å². The van der Waals surface area contributed by atoms with E-state index in [0.717, 1.165) is 11.8 Å². The molecule has 1 nitrogen and oxygen atoms in total. The van der Waals surface area contributed by atoms with Crippen molar-refractivity contribution in [3.05, 3.63) is 13.1 Å². The highest BCUT2D eigenvalue weighted by Crippen LogP contribution is 2.35. The molecule has 1 heteroatoms. The highest BCUT2D eigenvalue weighted by atomic mass is 14.9. The van der Waals surface area contributed by atoms with E-state index in [1.165, 1.54) is 25.7 Å². The second-order valence-corrected chi connectivity index (χ2v) is 3.11. The molecule has 2 aliphatic rings. The smallest absolute Gasteiger partial charge is 0.0258 e. The number of nitrogens with one attached hydrogen (secondary N) is 1. The van der Waals surface area contributed by atoms with Gasteiger partial charge in [-0.15, -0.1) is 0 Å². The summed E-state index contributed by atoms with van der Waals surface area (Å²) in [6.07, 6.45) is 5.70. The molecule has 2 rings (SSSR count). The van der Waals surface area contributed by atoms with E-state index in [4.69, 9.17) is 0 Å². The molecule has 0 aromatic heterocycles. The van der Waals surface area contributed by atoms with Gasteiger partial charge < -0.3 is 5.32 Å². The predicted molar refractivity (Wildman–Crippen MR) is 37.2 cm³/mol. The second-order valence-electron chi connectivity index (χ2n) is 3.11. The first-order chi connectivity index (χ1) is 4.47. The van der Waals surface area contributed by atoms with Crippen LogP contribution in [0.25, 0.3) is 0 Å². The lowest BCUT2D eigenvalue weighted by molar-refractivity contribution is 0.332.